The van der Waals surface area contributed by atoms with Gasteiger partial charge in [-0.1, -0.05) is 0 Å². The van der Waals surface area contributed by atoms with E-state index in [-0.39, 0.29) is 11.6 Å². The van der Waals surface area contributed by atoms with E-state index in [0.29, 0.717) is 37.6 Å². The van der Waals surface area contributed by atoms with E-state index in [2.05, 4.69) is 5.10 Å². The monoisotopic (exact) mass is 347 g/mol. The van der Waals surface area contributed by atoms with Crippen LogP contribution in [0.5, 0.6) is 0 Å². The zero-order valence-electron chi connectivity index (χ0n) is 14.7. The van der Waals surface area contributed by atoms with Crippen molar-refractivity contribution in [3.8, 4) is 0 Å². The zero-order valence-corrected chi connectivity index (χ0v) is 14.7. The number of amides is 1. The van der Waals surface area contributed by atoms with Gasteiger partial charge < -0.3 is 14.7 Å². The molecule has 0 spiro atoms. The molecule has 25 heavy (non-hydrogen) atoms. The van der Waals surface area contributed by atoms with Gasteiger partial charge in [0.1, 0.15) is 5.60 Å². The molecule has 3 heterocycles. The third-order valence-electron chi connectivity index (χ3n) is 5.67. The molecule has 2 aliphatic heterocycles. The topological polar surface area (TPSA) is 84.7 Å². The largest absolute Gasteiger partial charge is 0.476 e. The van der Waals surface area contributed by atoms with Crippen molar-refractivity contribution in [1.29, 1.82) is 0 Å². The van der Waals surface area contributed by atoms with Gasteiger partial charge in [0.05, 0.1) is 6.54 Å². The van der Waals surface area contributed by atoms with Crippen molar-refractivity contribution in [2.45, 2.75) is 64.1 Å². The smallest absolute Gasteiger partial charge is 0.356 e. The van der Waals surface area contributed by atoms with E-state index >= 15 is 0 Å². The number of aromatic nitrogens is 2. The van der Waals surface area contributed by atoms with Crippen molar-refractivity contribution in [1.82, 2.24) is 14.7 Å². The van der Waals surface area contributed by atoms with E-state index in [1.807, 2.05) is 11.6 Å². The molecule has 0 radical (unpaired) electrons. The summed E-state index contributed by atoms with van der Waals surface area (Å²) in [6, 6.07) is 0. The summed E-state index contributed by atoms with van der Waals surface area (Å²) in [6.45, 7) is 4.18. The highest BCUT2D eigenvalue weighted by Gasteiger charge is 2.41. The van der Waals surface area contributed by atoms with E-state index in [9.17, 15) is 14.7 Å². The standard InChI is InChI=1S/C18H25N3O4/c1-18(7-2-3-9-25-18)17(24)20-8-6-14-13(11-20)15(16(22)23)19-21(14)10-12-4-5-12/h12H,2-11H2,1H3,(H,22,23)/t18-/m0/s1. The fraction of sp³-hybridized carbons (Fsp3) is 0.722. The number of carbonyl (C=O) groups excluding carboxylic acids is 1. The van der Waals surface area contributed by atoms with Crippen molar-refractivity contribution in [3.05, 3.63) is 17.0 Å². The zero-order chi connectivity index (χ0) is 17.6. The molecule has 1 atom stereocenters. The quantitative estimate of drug-likeness (QED) is 0.898. The summed E-state index contributed by atoms with van der Waals surface area (Å²) in [6.07, 6.45) is 5.74. The molecule has 1 amide bonds. The number of rotatable bonds is 4. The summed E-state index contributed by atoms with van der Waals surface area (Å²) >= 11 is 0. The van der Waals surface area contributed by atoms with Gasteiger partial charge in [-0.05, 0) is 44.9 Å². The minimum absolute atomic E-state index is 0.0240. The van der Waals surface area contributed by atoms with Crippen molar-refractivity contribution in [2.75, 3.05) is 13.2 Å². The molecule has 3 aliphatic rings. The fourth-order valence-electron chi connectivity index (χ4n) is 3.97. The van der Waals surface area contributed by atoms with Gasteiger partial charge in [0, 0.05) is 37.4 Å². The molecule has 7 heteroatoms. The summed E-state index contributed by atoms with van der Waals surface area (Å²) < 4.78 is 7.66. The second-order valence-corrected chi connectivity index (χ2v) is 7.72. The Kier molecular flexibility index (Phi) is 4.06. The number of carboxylic acids is 1. The Bertz CT molecular complexity index is 701. The summed E-state index contributed by atoms with van der Waals surface area (Å²) in [5.74, 6) is -0.413. The molecule has 4 rings (SSSR count). The van der Waals surface area contributed by atoms with E-state index in [0.717, 1.165) is 31.5 Å². The maximum Gasteiger partial charge on any atom is 0.356 e. The number of carbonyl (C=O) groups is 2. The average molecular weight is 347 g/mol. The van der Waals surface area contributed by atoms with Crippen molar-refractivity contribution in [2.24, 2.45) is 5.92 Å². The minimum atomic E-state index is -1.01. The normalized spacial score (nSPS) is 26.4. The number of nitrogens with zero attached hydrogens (tertiary/aromatic N) is 3. The molecule has 1 aromatic heterocycles. The van der Waals surface area contributed by atoms with Crippen LogP contribution in [0, 0.1) is 5.92 Å². The van der Waals surface area contributed by atoms with Gasteiger partial charge in [-0.2, -0.15) is 5.10 Å². The van der Waals surface area contributed by atoms with Crippen molar-refractivity contribution < 1.29 is 19.4 Å². The maximum absolute atomic E-state index is 13.0. The summed E-state index contributed by atoms with van der Waals surface area (Å²) in [4.78, 5) is 26.4. The first-order valence-electron chi connectivity index (χ1n) is 9.23. The van der Waals surface area contributed by atoms with Crippen LogP contribution in [0.3, 0.4) is 0 Å². The number of aromatic carboxylic acids is 1. The number of carboxylic acid groups (broad SMARTS) is 1. The first kappa shape index (κ1) is 16.6. The Hall–Kier alpha value is -1.89. The van der Waals surface area contributed by atoms with Crippen LogP contribution in [0.4, 0.5) is 0 Å². The van der Waals surface area contributed by atoms with Crippen LogP contribution in [0.2, 0.25) is 0 Å². The molecule has 0 aromatic carbocycles. The molecular weight excluding hydrogens is 322 g/mol. The Morgan fingerprint density at radius 3 is 2.80 bits per heavy atom. The Morgan fingerprint density at radius 1 is 1.36 bits per heavy atom. The molecule has 0 unspecified atom stereocenters. The molecule has 1 aliphatic carbocycles. The molecule has 1 aromatic rings. The number of hydrogen-bond donors (Lipinski definition) is 1. The van der Waals surface area contributed by atoms with Crippen LogP contribution in [0.15, 0.2) is 0 Å². The third kappa shape index (κ3) is 3.05. The fourth-order valence-corrected chi connectivity index (χ4v) is 3.97. The van der Waals surface area contributed by atoms with Crippen LogP contribution in [0.1, 0.15) is 60.8 Å². The van der Waals surface area contributed by atoms with E-state index in [1.54, 1.807) is 4.90 Å². The van der Waals surface area contributed by atoms with Gasteiger partial charge in [-0.25, -0.2) is 4.79 Å². The molecule has 136 valence electrons. The summed E-state index contributed by atoms with van der Waals surface area (Å²) in [5, 5.41) is 13.9. The van der Waals surface area contributed by atoms with Crippen LogP contribution < -0.4 is 0 Å². The molecular formula is C18H25N3O4. The van der Waals surface area contributed by atoms with Gasteiger partial charge in [0.15, 0.2) is 5.69 Å². The van der Waals surface area contributed by atoms with E-state index in [1.165, 1.54) is 12.8 Å². The van der Waals surface area contributed by atoms with Crippen LogP contribution in [-0.2, 0) is 29.0 Å². The highest BCUT2D eigenvalue weighted by atomic mass is 16.5. The predicted octanol–water partition coefficient (Wildman–Crippen LogP) is 1.84. The predicted molar refractivity (Wildman–Crippen MR) is 89.2 cm³/mol. The van der Waals surface area contributed by atoms with Gasteiger partial charge in [-0.3, -0.25) is 9.48 Å². The van der Waals surface area contributed by atoms with Crippen LogP contribution in [-0.4, -0.2) is 50.4 Å². The first-order valence-corrected chi connectivity index (χ1v) is 9.23. The lowest BCUT2D eigenvalue weighted by molar-refractivity contribution is -0.162. The Morgan fingerprint density at radius 2 is 2.16 bits per heavy atom. The maximum atomic E-state index is 13.0. The Balaban J connectivity index is 1.58. The molecule has 7 nitrogen and oxygen atoms in total. The lowest BCUT2D eigenvalue weighted by Crippen LogP contribution is -2.51. The highest BCUT2D eigenvalue weighted by Crippen LogP contribution is 2.34. The van der Waals surface area contributed by atoms with E-state index in [4.69, 9.17) is 4.74 Å². The molecule has 0 bridgehead atoms. The molecule has 2 fully saturated rings. The summed E-state index contributed by atoms with van der Waals surface area (Å²) in [7, 11) is 0. The van der Waals surface area contributed by atoms with Gasteiger partial charge in [-0.15, -0.1) is 0 Å². The highest BCUT2D eigenvalue weighted by molar-refractivity contribution is 5.89. The van der Waals surface area contributed by atoms with Crippen molar-refractivity contribution in [3.63, 3.8) is 0 Å². The van der Waals surface area contributed by atoms with Crippen molar-refractivity contribution >= 4 is 11.9 Å². The molecule has 1 N–H and O–H groups in total. The number of hydrogen-bond acceptors (Lipinski definition) is 4. The van der Waals surface area contributed by atoms with Gasteiger partial charge in [0.2, 0.25) is 0 Å². The van der Waals surface area contributed by atoms with Crippen LogP contribution in [0.25, 0.3) is 0 Å². The third-order valence-corrected chi connectivity index (χ3v) is 5.67. The number of ether oxygens (including phenoxy) is 1. The Labute approximate surface area is 146 Å². The molecule has 1 saturated heterocycles. The summed E-state index contributed by atoms with van der Waals surface area (Å²) in [5.41, 5.74) is 1.02. The second kappa shape index (κ2) is 6.12. The molecule has 1 saturated carbocycles. The lowest BCUT2D eigenvalue weighted by Gasteiger charge is -2.38. The number of fused-ring (bicyclic) bond motifs is 1. The van der Waals surface area contributed by atoms with Crippen LogP contribution >= 0.6 is 0 Å². The van der Waals surface area contributed by atoms with E-state index < -0.39 is 11.6 Å². The lowest BCUT2D eigenvalue weighted by atomic mass is 9.93. The SMILES string of the molecule is C[C@@]1(C(=O)N2CCc3c(c(C(=O)O)nn3CC3CC3)C2)CCCCO1. The minimum Gasteiger partial charge on any atom is -0.476 e. The van der Waals surface area contributed by atoms with Gasteiger partial charge >= 0.3 is 5.97 Å². The average Bonchev–Trinajstić information content (AvgIpc) is 3.34. The second-order valence-electron chi connectivity index (χ2n) is 7.72. The van der Waals surface area contributed by atoms with Gasteiger partial charge in [0.25, 0.3) is 5.91 Å². The first-order chi connectivity index (χ1) is 12.0.